The van der Waals surface area contributed by atoms with Crippen LogP contribution in [0.1, 0.15) is 0 Å². The van der Waals surface area contributed by atoms with E-state index in [1.165, 1.54) is 0 Å². The summed E-state index contributed by atoms with van der Waals surface area (Å²) in [6, 6.07) is 0. The average Bonchev–Trinajstić information content (AvgIpc) is 2.27. The summed E-state index contributed by atoms with van der Waals surface area (Å²) in [5, 5.41) is 0.461. The van der Waals surface area contributed by atoms with Crippen LogP contribution in [0, 0.1) is 0 Å². The molecule has 0 fully saturated rings. The molecule has 2 aromatic rings. The molecule has 0 aliphatic carbocycles. The van der Waals surface area contributed by atoms with E-state index < -0.39 is 0 Å². The Morgan fingerprint density at radius 1 is 1.45 bits per heavy atom. The molecule has 0 unspecified atom stereocenters. The Bertz CT molecular complexity index is 398. The zero-order chi connectivity index (χ0) is 7.84. The molecule has 0 aliphatic rings. The van der Waals surface area contributed by atoms with Gasteiger partial charge in [-0.15, -0.1) is 0 Å². The number of imidazole rings is 1. The zero-order valence-electron chi connectivity index (χ0n) is 5.33. The van der Waals surface area contributed by atoms with Gasteiger partial charge in [0.05, 0.1) is 6.20 Å². The van der Waals surface area contributed by atoms with Gasteiger partial charge in [0.25, 0.3) is 0 Å². The summed E-state index contributed by atoms with van der Waals surface area (Å²) in [5.41, 5.74) is 0.779. The lowest BCUT2D eigenvalue weighted by Crippen LogP contribution is -1.84. The zero-order valence-corrected chi connectivity index (χ0v) is 7.67. The Morgan fingerprint density at radius 3 is 3.09 bits per heavy atom. The highest BCUT2D eigenvalue weighted by Gasteiger charge is 1.98. The van der Waals surface area contributed by atoms with E-state index in [-0.39, 0.29) is 0 Å². The van der Waals surface area contributed by atoms with E-state index in [1.54, 1.807) is 16.8 Å². The molecule has 0 radical (unpaired) electrons. The van der Waals surface area contributed by atoms with Crippen molar-refractivity contribution in [2.75, 3.05) is 0 Å². The van der Waals surface area contributed by atoms with Crippen LogP contribution in [-0.4, -0.2) is 14.4 Å². The van der Waals surface area contributed by atoms with Crippen LogP contribution in [0.15, 0.2) is 23.2 Å². The van der Waals surface area contributed by atoms with E-state index in [0.717, 1.165) is 10.3 Å². The fraction of sp³-hybridized carbons (Fsp3) is 0. The molecule has 0 saturated carbocycles. The summed E-state index contributed by atoms with van der Waals surface area (Å²) >= 11 is 8.90. The maximum Gasteiger partial charge on any atom is 0.156 e. The second-order valence-corrected chi connectivity index (χ2v) is 3.24. The Labute approximate surface area is 76.2 Å². The molecular formula is C6H3BrClN3. The third kappa shape index (κ3) is 1.23. The topological polar surface area (TPSA) is 30.2 Å². The highest BCUT2D eigenvalue weighted by molar-refractivity contribution is 9.10. The van der Waals surface area contributed by atoms with Gasteiger partial charge in [-0.25, -0.2) is 9.97 Å². The van der Waals surface area contributed by atoms with Crippen molar-refractivity contribution >= 4 is 33.2 Å². The molecule has 2 heterocycles. The van der Waals surface area contributed by atoms with Gasteiger partial charge in [0.1, 0.15) is 9.76 Å². The van der Waals surface area contributed by atoms with Crippen LogP contribution >= 0.6 is 27.5 Å². The smallest absolute Gasteiger partial charge is 0.156 e. The van der Waals surface area contributed by atoms with Gasteiger partial charge in [0.15, 0.2) is 5.65 Å². The molecule has 0 N–H and O–H groups in total. The molecule has 2 aromatic heterocycles. The second-order valence-electron chi connectivity index (χ2n) is 2.04. The first-order valence-electron chi connectivity index (χ1n) is 2.91. The number of hydrogen-bond acceptors (Lipinski definition) is 2. The SMILES string of the molecule is Clc1cn2cc(Br)nc2cn1. The molecule has 0 bridgehead atoms. The maximum absolute atomic E-state index is 5.65. The van der Waals surface area contributed by atoms with Crippen molar-refractivity contribution in [2.45, 2.75) is 0 Å². The van der Waals surface area contributed by atoms with Gasteiger partial charge in [-0.3, -0.25) is 0 Å². The number of halogens is 2. The lowest BCUT2D eigenvalue weighted by Gasteiger charge is -1.90. The predicted molar refractivity (Wildman–Crippen MR) is 45.7 cm³/mol. The summed E-state index contributed by atoms with van der Waals surface area (Å²) in [6.07, 6.45) is 5.14. The molecule has 0 amide bonds. The predicted octanol–water partition coefficient (Wildman–Crippen LogP) is 2.15. The van der Waals surface area contributed by atoms with Gasteiger partial charge >= 0.3 is 0 Å². The molecule has 0 atom stereocenters. The highest BCUT2D eigenvalue weighted by atomic mass is 79.9. The van der Waals surface area contributed by atoms with Crippen molar-refractivity contribution in [3.05, 3.63) is 28.3 Å². The van der Waals surface area contributed by atoms with Gasteiger partial charge in [-0.05, 0) is 15.9 Å². The molecule has 0 aliphatic heterocycles. The monoisotopic (exact) mass is 231 g/mol. The van der Waals surface area contributed by atoms with Gasteiger partial charge in [-0.2, -0.15) is 0 Å². The van der Waals surface area contributed by atoms with E-state index in [4.69, 9.17) is 11.6 Å². The molecule has 3 nitrogen and oxygen atoms in total. The molecule has 0 saturated heterocycles. The Kier molecular flexibility index (Phi) is 1.58. The van der Waals surface area contributed by atoms with Crippen LogP contribution in [-0.2, 0) is 0 Å². The number of aromatic nitrogens is 3. The van der Waals surface area contributed by atoms with E-state index >= 15 is 0 Å². The first-order chi connectivity index (χ1) is 5.25. The fourth-order valence-electron chi connectivity index (χ4n) is 0.843. The summed E-state index contributed by atoms with van der Waals surface area (Å²) in [5.74, 6) is 0. The third-order valence-corrected chi connectivity index (χ3v) is 1.86. The number of rotatable bonds is 0. The minimum absolute atomic E-state index is 0.461. The Balaban J connectivity index is 2.82. The van der Waals surface area contributed by atoms with Gasteiger partial charge in [0, 0.05) is 12.4 Å². The summed E-state index contributed by atoms with van der Waals surface area (Å²) in [6.45, 7) is 0. The molecule has 0 spiro atoms. The van der Waals surface area contributed by atoms with Crippen LogP contribution in [0.2, 0.25) is 5.15 Å². The van der Waals surface area contributed by atoms with Crippen LogP contribution in [0.5, 0.6) is 0 Å². The van der Waals surface area contributed by atoms with E-state index in [2.05, 4.69) is 25.9 Å². The van der Waals surface area contributed by atoms with Crippen molar-refractivity contribution in [1.82, 2.24) is 14.4 Å². The highest BCUT2D eigenvalue weighted by Crippen LogP contribution is 2.11. The van der Waals surface area contributed by atoms with Gasteiger partial charge in [0.2, 0.25) is 0 Å². The van der Waals surface area contributed by atoms with Gasteiger partial charge < -0.3 is 4.40 Å². The number of fused-ring (bicyclic) bond motifs is 1. The van der Waals surface area contributed by atoms with Crippen molar-refractivity contribution < 1.29 is 0 Å². The fourth-order valence-corrected chi connectivity index (χ4v) is 1.40. The number of hydrogen-bond donors (Lipinski definition) is 0. The minimum atomic E-state index is 0.461. The summed E-state index contributed by atoms with van der Waals surface area (Å²) in [7, 11) is 0. The quantitative estimate of drug-likeness (QED) is 0.697. The van der Waals surface area contributed by atoms with Crippen molar-refractivity contribution in [3.63, 3.8) is 0 Å². The van der Waals surface area contributed by atoms with Crippen LogP contribution in [0.3, 0.4) is 0 Å². The molecule has 56 valence electrons. The largest absolute Gasteiger partial charge is 0.302 e. The van der Waals surface area contributed by atoms with Crippen molar-refractivity contribution in [2.24, 2.45) is 0 Å². The Morgan fingerprint density at radius 2 is 2.27 bits per heavy atom. The average molecular weight is 232 g/mol. The van der Waals surface area contributed by atoms with Gasteiger partial charge in [-0.1, -0.05) is 11.6 Å². The van der Waals surface area contributed by atoms with E-state index in [9.17, 15) is 0 Å². The second kappa shape index (κ2) is 2.46. The third-order valence-electron chi connectivity index (χ3n) is 1.28. The summed E-state index contributed by atoms with van der Waals surface area (Å²) < 4.78 is 2.58. The Hall–Kier alpha value is -0.610. The number of nitrogens with zero attached hydrogens (tertiary/aromatic N) is 3. The van der Waals surface area contributed by atoms with Crippen LogP contribution in [0.4, 0.5) is 0 Å². The molecular weight excluding hydrogens is 229 g/mol. The minimum Gasteiger partial charge on any atom is -0.302 e. The van der Waals surface area contributed by atoms with Crippen LogP contribution < -0.4 is 0 Å². The van der Waals surface area contributed by atoms with Crippen LogP contribution in [0.25, 0.3) is 5.65 Å². The first kappa shape index (κ1) is 7.06. The van der Waals surface area contributed by atoms with Crippen molar-refractivity contribution in [3.8, 4) is 0 Å². The first-order valence-corrected chi connectivity index (χ1v) is 4.08. The lowest BCUT2D eigenvalue weighted by atomic mass is 10.7. The van der Waals surface area contributed by atoms with E-state index in [0.29, 0.717) is 5.15 Å². The molecule has 0 aromatic carbocycles. The lowest BCUT2D eigenvalue weighted by molar-refractivity contribution is 1.13. The molecule has 5 heteroatoms. The maximum atomic E-state index is 5.65. The molecule has 11 heavy (non-hydrogen) atoms. The standard InChI is InChI=1S/C6H3BrClN3/c7-4-2-11-3-5(8)9-1-6(11)10-4/h1-3H. The molecule has 2 rings (SSSR count). The normalized spacial score (nSPS) is 10.7. The van der Waals surface area contributed by atoms with E-state index in [1.807, 2.05) is 6.20 Å². The van der Waals surface area contributed by atoms with Crippen molar-refractivity contribution in [1.29, 1.82) is 0 Å². The summed E-state index contributed by atoms with van der Waals surface area (Å²) in [4.78, 5) is 7.99.